The van der Waals surface area contributed by atoms with Gasteiger partial charge >= 0.3 is 0 Å². The minimum Gasteiger partial charge on any atom is -0.497 e. The number of benzene rings is 1. The molecule has 1 N–H and O–H groups in total. The molecule has 0 saturated carbocycles. The van der Waals surface area contributed by atoms with Gasteiger partial charge in [-0.1, -0.05) is 19.1 Å². The third-order valence-corrected chi connectivity index (χ3v) is 3.53. The van der Waals surface area contributed by atoms with Gasteiger partial charge in [0, 0.05) is 12.6 Å². The molecule has 0 bridgehead atoms. The lowest BCUT2D eigenvalue weighted by Gasteiger charge is -2.16. The van der Waals surface area contributed by atoms with Crippen LogP contribution in [0.2, 0.25) is 0 Å². The summed E-state index contributed by atoms with van der Waals surface area (Å²) in [6.45, 7) is 6.11. The first-order valence-corrected chi connectivity index (χ1v) is 6.19. The van der Waals surface area contributed by atoms with Crippen molar-refractivity contribution in [2.24, 2.45) is 5.92 Å². The fraction of sp³-hybridized carbons (Fsp3) is 0.571. The predicted molar refractivity (Wildman–Crippen MR) is 68.3 cm³/mol. The van der Waals surface area contributed by atoms with Crippen molar-refractivity contribution in [1.29, 1.82) is 0 Å². The highest BCUT2D eigenvalue weighted by atomic mass is 16.5. The van der Waals surface area contributed by atoms with Gasteiger partial charge in [-0.2, -0.15) is 0 Å². The Morgan fingerprint density at radius 1 is 1.24 bits per heavy atom. The first kappa shape index (κ1) is 12.4. The van der Waals surface area contributed by atoms with Gasteiger partial charge in [0.2, 0.25) is 0 Å². The molecule has 1 saturated heterocycles. The summed E-state index contributed by atoms with van der Waals surface area (Å²) in [5.41, 5.74) is 1.21. The first-order valence-electron chi connectivity index (χ1n) is 6.19. The summed E-state index contributed by atoms with van der Waals surface area (Å²) < 4.78 is 11.1. The molecule has 3 nitrogen and oxygen atoms in total. The van der Waals surface area contributed by atoms with Crippen molar-refractivity contribution in [2.75, 3.05) is 20.3 Å². The van der Waals surface area contributed by atoms with E-state index in [0.717, 1.165) is 18.9 Å². The lowest BCUT2D eigenvalue weighted by atomic mass is 10.1. The van der Waals surface area contributed by atoms with Crippen molar-refractivity contribution in [1.82, 2.24) is 5.32 Å². The van der Waals surface area contributed by atoms with Gasteiger partial charge < -0.3 is 14.8 Å². The molecule has 0 amide bonds. The van der Waals surface area contributed by atoms with Crippen LogP contribution in [0.4, 0.5) is 0 Å². The van der Waals surface area contributed by atoms with Crippen LogP contribution >= 0.6 is 0 Å². The van der Waals surface area contributed by atoms with Crippen LogP contribution in [0, 0.1) is 5.92 Å². The van der Waals surface area contributed by atoms with Crippen LogP contribution in [-0.4, -0.2) is 26.3 Å². The minimum atomic E-state index is 0.147. The second kappa shape index (κ2) is 5.52. The van der Waals surface area contributed by atoms with E-state index in [0.29, 0.717) is 12.0 Å². The average Bonchev–Trinajstić information content (AvgIpc) is 2.53. The normalized spacial score (nSPS) is 29.7. The molecule has 1 aromatic rings. The van der Waals surface area contributed by atoms with E-state index in [1.807, 2.05) is 12.1 Å². The quantitative estimate of drug-likeness (QED) is 0.853. The fourth-order valence-corrected chi connectivity index (χ4v) is 2.00. The van der Waals surface area contributed by atoms with Gasteiger partial charge in [0.15, 0.2) is 0 Å². The summed E-state index contributed by atoms with van der Waals surface area (Å²) in [4.78, 5) is 0. The van der Waals surface area contributed by atoms with Gasteiger partial charge in [0.25, 0.3) is 0 Å². The highest BCUT2D eigenvalue weighted by Crippen LogP contribution is 2.23. The molecule has 0 radical (unpaired) electrons. The lowest BCUT2D eigenvalue weighted by molar-refractivity contribution is 0.0496. The Morgan fingerprint density at radius 3 is 2.59 bits per heavy atom. The molecule has 1 aliphatic heterocycles. The molecule has 3 unspecified atom stereocenters. The summed E-state index contributed by atoms with van der Waals surface area (Å²) >= 11 is 0. The molecular formula is C14H21NO2. The molecule has 17 heavy (non-hydrogen) atoms. The van der Waals surface area contributed by atoms with E-state index in [-0.39, 0.29) is 6.10 Å². The second-order valence-corrected chi connectivity index (χ2v) is 4.77. The Kier molecular flexibility index (Phi) is 4.02. The van der Waals surface area contributed by atoms with Gasteiger partial charge in [-0.3, -0.25) is 0 Å². The summed E-state index contributed by atoms with van der Waals surface area (Å²) in [5.74, 6) is 1.44. The number of hydrogen-bond acceptors (Lipinski definition) is 3. The molecule has 3 atom stereocenters. The van der Waals surface area contributed by atoms with Gasteiger partial charge in [0.1, 0.15) is 5.75 Å². The van der Waals surface area contributed by atoms with Crippen LogP contribution in [0.1, 0.15) is 25.5 Å². The molecular weight excluding hydrogens is 214 g/mol. The summed E-state index contributed by atoms with van der Waals surface area (Å²) in [6, 6.07) is 8.63. The molecule has 0 spiro atoms. The van der Waals surface area contributed by atoms with Gasteiger partial charge in [-0.15, -0.1) is 0 Å². The Bertz CT molecular complexity index is 338. The zero-order valence-corrected chi connectivity index (χ0v) is 10.8. The zero-order valence-electron chi connectivity index (χ0n) is 10.8. The lowest BCUT2D eigenvalue weighted by Crippen LogP contribution is -2.32. The topological polar surface area (TPSA) is 30.5 Å². The molecule has 94 valence electrons. The van der Waals surface area contributed by atoms with Crippen molar-refractivity contribution in [3.05, 3.63) is 29.8 Å². The van der Waals surface area contributed by atoms with Crippen molar-refractivity contribution < 1.29 is 9.47 Å². The van der Waals surface area contributed by atoms with Crippen LogP contribution < -0.4 is 10.1 Å². The van der Waals surface area contributed by atoms with Crippen molar-refractivity contribution >= 4 is 0 Å². The molecule has 1 aliphatic rings. The third kappa shape index (κ3) is 2.99. The van der Waals surface area contributed by atoms with Crippen LogP contribution in [0.3, 0.4) is 0 Å². The second-order valence-electron chi connectivity index (χ2n) is 4.77. The van der Waals surface area contributed by atoms with E-state index in [1.54, 1.807) is 7.11 Å². The summed E-state index contributed by atoms with van der Waals surface area (Å²) in [7, 11) is 1.68. The van der Waals surface area contributed by atoms with Gasteiger partial charge in [-0.25, -0.2) is 0 Å². The molecule has 1 aromatic carbocycles. The largest absolute Gasteiger partial charge is 0.497 e. The van der Waals surface area contributed by atoms with E-state index in [9.17, 15) is 0 Å². The molecule has 1 heterocycles. The highest BCUT2D eigenvalue weighted by molar-refractivity contribution is 5.28. The number of rotatable bonds is 2. The van der Waals surface area contributed by atoms with E-state index < -0.39 is 0 Å². The van der Waals surface area contributed by atoms with E-state index in [1.165, 1.54) is 5.56 Å². The maximum absolute atomic E-state index is 5.94. The third-order valence-electron chi connectivity index (χ3n) is 3.53. The van der Waals surface area contributed by atoms with E-state index in [4.69, 9.17) is 9.47 Å². The van der Waals surface area contributed by atoms with Gasteiger partial charge in [0.05, 0.1) is 19.8 Å². The van der Waals surface area contributed by atoms with Crippen molar-refractivity contribution in [3.63, 3.8) is 0 Å². The van der Waals surface area contributed by atoms with E-state index in [2.05, 4.69) is 31.3 Å². The van der Waals surface area contributed by atoms with Crippen LogP contribution in [0.15, 0.2) is 24.3 Å². The highest BCUT2D eigenvalue weighted by Gasteiger charge is 2.22. The number of methoxy groups -OCH3 is 1. The SMILES string of the molecule is COc1ccc(C2CNC(C)C(C)CO2)cc1. The predicted octanol–water partition coefficient (Wildman–Crippen LogP) is 2.38. The number of ether oxygens (including phenoxy) is 2. The monoisotopic (exact) mass is 235 g/mol. The standard InChI is InChI=1S/C14H21NO2/c1-10-9-17-14(8-15-11(10)2)12-4-6-13(16-3)7-5-12/h4-7,10-11,14-15H,8-9H2,1-3H3. The number of nitrogens with one attached hydrogen (secondary N) is 1. The Labute approximate surface area is 103 Å². The smallest absolute Gasteiger partial charge is 0.118 e. The molecule has 2 rings (SSSR count). The Balaban J connectivity index is 2.06. The molecule has 0 aliphatic carbocycles. The minimum absolute atomic E-state index is 0.147. The summed E-state index contributed by atoms with van der Waals surface area (Å²) in [5, 5.41) is 3.52. The average molecular weight is 235 g/mol. The van der Waals surface area contributed by atoms with Crippen molar-refractivity contribution in [3.8, 4) is 5.75 Å². The molecule has 3 heteroatoms. The molecule has 0 aromatic heterocycles. The number of hydrogen-bond donors (Lipinski definition) is 1. The Hall–Kier alpha value is -1.06. The van der Waals surface area contributed by atoms with Crippen LogP contribution in [0.5, 0.6) is 5.75 Å². The first-order chi connectivity index (χ1) is 8.20. The van der Waals surface area contributed by atoms with Crippen LogP contribution in [0.25, 0.3) is 0 Å². The van der Waals surface area contributed by atoms with Crippen molar-refractivity contribution in [2.45, 2.75) is 26.0 Å². The molecule has 1 fully saturated rings. The van der Waals surface area contributed by atoms with Gasteiger partial charge in [-0.05, 0) is 30.5 Å². The fourth-order valence-electron chi connectivity index (χ4n) is 2.00. The maximum Gasteiger partial charge on any atom is 0.118 e. The Morgan fingerprint density at radius 2 is 1.94 bits per heavy atom. The zero-order chi connectivity index (χ0) is 12.3. The van der Waals surface area contributed by atoms with E-state index >= 15 is 0 Å². The van der Waals surface area contributed by atoms with Crippen LogP contribution in [-0.2, 0) is 4.74 Å². The maximum atomic E-state index is 5.94. The summed E-state index contributed by atoms with van der Waals surface area (Å²) in [6.07, 6.45) is 0.147.